The lowest BCUT2D eigenvalue weighted by Crippen LogP contribution is -2.55. The van der Waals surface area contributed by atoms with Gasteiger partial charge in [-0.05, 0) is 67.3 Å². The van der Waals surface area contributed by atoms with E-state index in [1.807, 2.05) is 0 Å². The minimum Gasteiger partial charge on any atom is -0.444 e. The van der Waals surface area contributed by atoms with E-state index in [0.717, 1.165) is 13.0 Å². The maximum Gasteiger partial charge on any atom is 0.414 e. The molecule has 0 bridgehead atoms. The second kappa shape index (κ2) is 13.6. The van der Waals surface area contributed by atoms with Crippen LogP contribution in [0.15, 0.2) is 10.1 Å². The van der Waals surface area contributed by atoms with E-state index in [0.29, 0.717) is 12.8 Å². The van der Waals surface area contributed by atoms with E-state index in [4.69, 9.17) is 9.47 Å². The molecule has 0 aromatic carbocycles. The lowest BCUT2D eigenvalue weighted by molar-refractivity contribution is -0.125. The molecule has 0 aromatic heterocycles. The molecule has 35 heavy (non-hydrogen) atoms. The first kappa shape index (κ1) is 29.8. The third kappa shape index (κ3) is 14.6. The highest BCUT2D eigenvalue weighted by Crippen LogP contribution is 2.08. The van der Waals surface area contributed by atoms with Gasteiger partial charge in [0.05, 0.1) is 12.1 Å². The average molecular weight is 498 g/mol. The van der Waals surface area contributed by atoms with Gasteiger partial charge in [-0.1, -0.05) is 0 Å². The van der Waals surface area contributed by atoms with Crippen LogP contribution in [0.4, 0.5) is 9.59 Å². The fourth-order valence-corrected chi connectivity index (χ4v) is 2.61. The number of hydrogen-bond acceptors (Lipinski definition) is 9. The standard InChI is InChI=1S/C22H39N7O6/c1-14(30)29-25-13-15(26-17(31)16-10-12-23-16)9-8-11-24-18(27-19(32)34-21(2,3)4)28-20(33)35-22(5,6)7/h13,15-16,23H,8-12H2,1-7H3,(H,26,31)(H,29,30)(H2,24,27,28,32,33)/b25-13-/t15-,16-/m0/s1. The monoisotopic (exact) mass is 497 g/mol. The van der Waals surface area contributed by atoms with Crippen molar-refractivity contribution in [2.75, 3.05) is 13.1 Å². The third-order valence-corrected chi connectivity index (χ3v) is 4.13. The molecular formula is C22H39N7O6. The summed E-state index contributed by atoms with van der Waals surface area (Å²) in [5, 5.41) is 14.6. The number of nitrogens with zero attached hydrogens (tertiary/aromatic N) is 2. The molecule has 198 valence electrons. The lowest BCUT2D eigenvalue weighted by atomic mass is 10.1. The summed E-state index contributed by atoms with van der Waals surface area (Å²) in [5.74, 6) is -0.611. The van der Waals surface area contributed by atoms with Crippen molar-refractivity contribution in [2.45, 2.75) is 91.0 Å². The smallest absolute Gasteiger partial charge is 0.414 e. The summed E-state index contributed by atoms with van der Waals surface area (Å²) in [4.78, 5) is 51.9. The number of hydrazone groups is 1. The topological polar surface area (TPSA) is 172 Å². The molecule has 1 aliphatic rings. The van der Waals surface area contributed by atoms with Crippen LogP contribution in [-0.4, -0.2) is 72.6 Å². The highest BCUT2D eigenvalue weighted by Gasteiger charge is 2.26. The molecule has 2 atom stereocenters. The highest BCUT2D eigenvalue weighted by atomic mass is 16.6. The van der Waals surface area contributed by atoms with Crippen LogP contribution in [0.3, 0.4) is 0 Å². The fourth-order valence-electron chi connectivity index (χ4n) is 2.61. The van der Waals surface area contributed by atoms with Crippen LogP contribution in [0.5, 0.6) is 0 Å². The number of rotatable bonds is 8. The Balaban J connectivity index is 2.77. The number of ether oxygens (including phenoxy) is 2. The van der Waals surface area contributed by atoms with Gasteiger partial charge in [0.25, 0.3) is 0 Å². The van der Waals surface area contributed by atoms with Crippen molar-refractivity contribution in [1.82, 2.24) is 26.7 Å². The second-order valence-electron chi connectivity index (χ2n) is 9.98. The zero-order chi connectivity index (χ0) is 26.6. The Morgan fingerprint density at radius 1 is 1.03 bits per heavy atom. The molecule has 0 aliphatic carbocycles. The van der Waals surface area contributed by atoms with Gasteiger partial charge in [0.1, 0.15) is 11.2 Å². The predicted octanol–water partition coefficient (Wildman–Crippen LogP) is 1.14. The highest BCUT2D eigenvalue weighted by molar-refractivity contribution is 6.01. The van der Waals surface area contributed by atoms with Crippen LogP contribution in [0.1, 0.15) is 67.7 Å². The van der Waals surface area contributed by atoms with Crippen molar-refractivity contribution in [3.05, 3.63) is 0 Å². The molecule has 1 aliphatic heterocycles. The molecule has 0 saturated carbocycles. The van der Waals surface area contributed by atoms with Gasteiger partial charge >= 0.3 is 12.2 Å². The molecule has 4 amide bonds. The Bertz CT molecular complexity index is 778. The molecule has 0 unspecified atom stereocenters. The Hall–Kier alpha value is -3.22. The van der Waals surface area contributed by atoms with E-state index < -0.39 is 29.4 Å². The van der Waals surface area contributed by atoms with Crippen molar-refractivity contribution >= 4 is 36.2 Å². The zero-order valence-electron chi connectivity index (χ0n) is 21.6. The lowest BCUT2D eigenvalue weighted by Gasteiger charge is -2.27. The summed E-state index contributed by atoms with van der Waals surface area (Å²) in [6.45, 7) is 12.6. The van der Waals surface area contributed by atoms with E-state index in [1.54, 1.807) is 41.5 Å². The molecule has 0 aromatic rings. The third-order valence-electron chi connectivity index (χ3n) is 4.13. The number of hydrogen-bond donors (Lipinski definition) is 5. The van der Waals surface area contributed by atoms with E-state index >= 15 is 0 Å². The summed E-state index contributed by atoms with van der Waals surface area (Å²) in [7, 11) is 0. The number of nitrogens with one attached hydrogen (secondary N) is 5. The van der Waals surface area contributed by atoms with Crippen molar-refractivity contribution in [3.63, 3.8) is 0 Å². The first-order valence-electron chi connectivity index (χ1n) is 11.5. The average Bonchev–Trinajstić information content (AvgIpc) is 2.59. The van der Waals surface area contributed by atoms with Crippen molar-refractivity contribution in [3.8, 4) is 0 Å². The van der Waals surface area contributed by atoms with Gasteiger partial charge in [-0.15, -0.1) is 0 Å². The largest absolute Gasteiger partial charge is 0.444 e. The summed E-state index contributed by atoms with van der Waals surface area (Å²) < 4.78 is 10.4. The minimum atomic E-state index is -0.784. The van der Waals surface area contributed by atoms with E-state index in [9.17, 15) is 19.2 Å². The van der Waals surface area contributed by atoms with Gasteiger partial charge in [0.2, 0.25) is 17.8 Å². The Morgan fingerprint density at radius 2 is 1.57 bits per heavy atom. The molecule has 13 nitrogen and oxygen atoms in total. The molecule has 0 spiro atoms. The van der Waals surface area contributed by atoms with Gasteiger partial charge < -0.3 is 20.1 Å². The van der Waals surface area contributed by atoms with Crippen molar-refractivity contribution in [1.29, 1.82) is 0 Å². The second-order valence-corrected chi connectivity index (χ2v) is 9.98. The SMILES string of the molecule is CC(=O)N/N=C\[C@H](CCCN=C(NC(=O)OC(C)(C)C)NC(=O)OC(C)(C)C)NC(=O)[C@@H]1CCN1. The van der Waals surface area contributed by atoms with Gasteiger partial charge in [-0.3, -0.25) is 25.2 Å². The number of guanidine groups is 1. The fraction of sp³-hybridized carbons (Fsp3) is 0.727. The van der Waals surface area contributed by atoms with Gasteiger partial charge in [0.15, 0.2) is 0 Å². The Kier molecular flexibility index (Phi) is 11.6. The van der Waals surface area contributed by atoms with Crippen molar-refractivity contribution in [2.24, 2.45) is 10.1 Å². The quantitative estimate of drug-likeness (QED) is 0.145. The van der Waals surface area contributed by atoms with Crippen molar-refractivity contribution < 1.29 is 28.7 Å². The number of carbonyl (C=O) groups is 4. The first-order valence-corrected chi connectivity index (χ1v) is 11.5. The predicted molar refractivity (Wildman–Crippen MR) is 131 cm³/mol. The van der Waals surface area contributed by atoms with E-state index in [1.165, 1.54) is 13.1 Å². The zero-order valence-corrected chi connectivity index (χ0v) is 21.6. The summed E-state index contributed by atoms with van der Waals surface area (Å²) in [5.41, 5.74) is 0.827. The molecule has 1 heterocycles. The Morgan fingerprint density at radius 3 is 2.00 bits per heavy atom. The van der Waals surface area contributed by atoms with Gasteiger partial charge in [0, 0.05) is 19.7 Å². The molecule has 5 N–H and O–H groups in total. The maximum absolute atomic E-state index is 12.3. The number of aliphatic imine (C=N–C) groups is 1. The van der Waals surface area contributed by atoms with Crippen LogP contribution in [-0.2, 0) is 19.1 Å². The summed E-state index contributed by atoms with van der Waals surface area (Å²) >= 11 is 0. The molecular weight excluding hydrogens is 458 g/mol. The van der Waals surface area contributed by atoms with Crippen LogP contribution >= 0.6 is 0 Å². The minimum absolute atomic E-state index is 0.125. The number of amides is 4. The van der Waals surface area contributed by atoms with Gasteiger partial charge in [-0.25, -0.2) is 15.0 Å². The molecule has 13 heteroatoms. The maximum atomic E-state index is 12.3. The molecule has 0 radical (unpaired) electrons. The molecule has 1 saturated heterocycles. The van der Waals surface area contributed by atoms with Crippen LogP contribution < -0.4 is 26.7 Å². The molecule has 1 fully saturated rings. The summed E-state index contributed by atoms with van der Waals surface area (Å²) in [6, 6.07) is -0.694. The van der Waals surface area contributed by atoms with E-state index in [2.05, 4.69) is 36.8 Å². The number of carbonyl (C=O) groups excluding carboxylic acids is 4. The van der Waals surface area contributed by atoms with Crippen LogP contribution in [0, 0.1) is 0 Å². The van der Waals surface area contributed by atoms with E-state index in [-0.39, 0.29) is 30.4 Å². The Labute approximate surface area is 206 Å². The molecule has 1 rings (SSSR count). The normalized spacial score (nSPS) is 16.4. The van der Waals surface area contributed by atoms with Crippen LogP contribution in [0.25, 0.3) is 0 Å². The van der Waals surface area contributed by atoms with Crippen LogP contribution in [0.2, 0.25) is 0 Å². The first-order chi connectivity index (χ1) is 16.1. The van der Waals surface area contributed by atoms with Gasteiger partial charge in [-0.2, -0.15) is 5.10 Å². The number of alkyl carbamates (subject to hydrolysis) is 2. The summed E-state index contributed by atoms with van der Waals surface area (Å²) in [6.07, 6.45) is 1.53.